The van der Waals surface area contributed by atoms with Crippen LogP contribution in [0.2, 0.25) is 10.0 Å². The SMILES string of the molecule is C[C@H](c1ccc(Cl)cc1Cl)n1cnc2ccc(N3CCN(C4CCCCC4)CC3)cc21. The van der Waals surface area contributed by atoms with Crippen molar-refractivity contribution >= 4 is 39.9 Å². The molecular formula is C25H30Cl2N4. The highest BCUT2D eigenvalue weighted by atomic mass is 35.5. The summed E-state index contributed by atoms with van der Waals surface area (Å²) in [5.74, 6) is 0. The Morgan fingerprint density at radius 2 is 1.71 bits per heavy atom. The number of aromatic nitrogens is 2. The predicted molar refractivity (Wildman–Crippen MR) is 131 cm³/mol. The van der Waals surface area contributed by atoms with Crippen LogP contribution in [0.3, 0.4) is 0 Å². The van der Waals surface area contributed by atoms with E-state index in [1.807, 2.05) is 24.5 Å². The van der Waals surface area contributed by atoms with E-state index in [0.29, 0.717) is 10.0 Å². The summed E-state index contributed by atoms with van der Waals surface area (Å²) in [7, 11) is 0. The van der Waals surface area contributed by atoms with E-state index >= 15 is 0 Å². The van der Waals surface area contributed by atoms with Gasteiger partial charge in [0.1, 0.15) is 0 Å². The molecule has 164 valence electrons. The van der Waals surface area contributed by atoms with Crippen LogP contribution in [-0.2, 0) is 0 Å². The van der Waals surface area contributed by atoms with Gasteiger partial charge in [-0.1, -0.05) is 48.5 Å². The van der Waals surface area contributed by atoms with E-state index in [9.17, 15) is 0 Å². The maximum absolute atomic E-state index is 6.49. The van der Waals surface area contributed by atoms with Gasteiger partial charge in [0.05, 0.1) is 23.4 Å². The Morgan fingerprint density at radius 3 is 2.45 bits per heavy atom. The second-order valence-corrected chi connectivity index (χ2v) is 9.83. The topological polar surface area (TPSA) is 24.3 Å². The smallest absolute Gasteiger partial charge is 0.0964 e. The number of piperazine rings is 1. The lowest BCUT2D eigenvalue weighted by molar-refractivity contribution is 0.148. The maximum Gasteiger partial charge on any atom is 0.0964 e. The van der Waals surface area contributed by atoms with Gasteiger partial charge in [-0.2, -0.15) is 0 Å². The fraction of sp³-hybridized carbons (Fsp3) is 0.480. The summed E-state index contributed by atoms with van der Waals surface area (Å²) >= 11 is 12.6. The minimum absolute atomic E-state index is 0.0770. The largest absolute Gasteiger partial charge is 0.369 e. The van der Waals surface area contributed by atoms with Crippen LogP contribution in [0.25, 0.3) is 11.0 Å². The Kier molecular flexibility index (Phi) is 6.14. The molecule has 0 radical (unpaired) electrons. The van der Waals surface area contributed by atoms with E-state index < -0.39 is 0 Å². The molecule has 5 rings (SSSR count). The summed E-state index contributed by atoms with van der Waals surface area (Å²) in [6, 6.07) is 13.3. The summed E-state index contributed by atoms with van der Waals surface area (Å²) in [6.07, 6.45) is 8.92. The van der Waals surface area contributed by atoms with Crippen LogP contribution < -0.4 is 4.90 Å². The molecule has 6 heteroatoms. The van der Waals surface area contributed by atoms with Gasteiger partial charge >= 0.3 is 0 Å². The Bertz CT molecular complexity index is 1050. The molecule has 1 atom stereocenters. The zero-order valence-corrected chi connectivity index (χ0v) is 19.6. The van der Waals surface area contributed by atoms with Crippen molar-refractivity contribution in [1.29, 1.82) is 0 Å². The van der Waals surface area contributed by atoms with Crippen molar-refractivity contribution in [1.82, 2.24) is 14.5 Å². The van der Waals surface area contributed by atoms with Gasteiger partial charge in [-0.3, -0.25) is 4.90 Å². The van der Waals surface area contributed by atoms with Gasteiger partial charge in [0.2, 0.25) is 0 Å². The van der Waals surface area contributed by atoms with Gasteiger partial charge in [0.25, 0.3) is 0 Å². The molecule has 1 saturated heterocycles. The normalized spacial score (nSPS) is 19.8. The van der Waals surface area contributed by atoms with Gasteiger partial charge in [0.15, 0.2) is 0 Å². The Morgan fingerprint density at radius 1 is 0.935 bits per heavy atom. The molecule has 0 N–H and O–H groups in total. The van der Waals surface area contributed by atoms with Gasteiger partial charge in [0, 0.05) is 48.0 Å². The highest BCUT2D eigenvalue weighted by Crippen LogP contribution is 2.32. The zero-order valence-electron chi connectivity index (χ0n) is 18.1. The van der Waals surface area contributed by atoms with E-state index in [4.69, 9.17) is 23.2 Å². The molecule has 1 saturated carbocycles. The predicted octanol–water partition coefficient (Wildman–Crippen LogP) is 6.41. The maximum atomic E-state index is 6.49. The highest BCUT2D eigenvalue weighted by molar-refractivity contribution is 6.35. The quantitative estimate of drug-likeness (QED) is 0.453. The van der Waals surface area contributed by atoms with Gasteiger partial charge in [-0.25, -0.2) is 4.98 Å². The Labute approximate surface area is 194 Å². The molecule has 2 aromatic carbocycles. The molecule has 4 nitrogen and oxygen atoms in total. The molecule has 1 aromatic heterocycles. The first-order chi connectivity index (χ1) is 15.1. The van der Waals surface area contributed by atoms with Crippen LogP contribution in [-0.4, -0.2) is 46.7 Å². The lowest BCUT2D eigenvalue weighted by Gasteiger charge is -2.41. The number of hydrogen-bond acceptors (Lipinski definition) is 3. The van der Waals surface area contributed by atoms with Crippen molar-refractivity contribution in [3.63, 3.8) is 0 Å². The third kappa shape index (κ3) is 4.30. The average molecular weight is 457 g/mol. The standard InChI is InChI=1S/C25H30Cl2N4/c1-18(22-9-7-19(26)15-23(22)27)31-17-28-24-10-8-21(16-25(24)31)30-13-11-29(12-14-30)20-5-3-2-4-6-20/h7-10,15-18,20H,2-6,11-14H2,1H3/t18-/m1/s1. The zero-order chi connectivity index (χ0) is 21.4. The van der Waals surface area contributed by atoms with Crippen molar-refractivity contribution in [2.75, 3.05) is 31.1 Å². The molecule has 0 bridgehead atoms. The summed E-state index contributed by atoms with van der Waals surface area (Å²) in [5, 5.41) is 1.35. The fourth-order valence-corrected chi connectivity index (χ4v) is 5.87. The minimum Gasteiger partial charge on any atom is -0.369 e. The molecule has 2 heterocycles. The molecule has 31 heavy (non-hydrogen) atoms. The van der Waals surface area contributed by atoms with E-state index in [1.54, 1.807) is 0 Å². The minimum atomic E-state index is 0.0770. The number of anilines is 1. The third-order valence-corrected chi connectivity index (χ3v) is 7.72. The lowest BCUT2D eigenvalue weighted by atomic mass is 9.94. The molecule has 1 aliphatic heterocycles. The molecule has 2 aliphatic rings. The highest BCUT2D eigenvalue weighted by Gasteiger charge is 2.25. The second kappa shape index (κ2) is 9.01. The van der Waals surface area contributed by atoms with E-state index in [1.165, 1.54) is 50.9 Å². The molecule has 0 amide bonds. The first-order valence-corrected chi connectivity index (χ1v) is 12.3. The summed E-state index contributed by atoms with van der Waals surface area (Å²) in [5.41, 5.74) is 4.50. The number of nitrogens with zero attached hydrogens (tertiary/aromatic N) is 4. The van der Waals surface area contributed by atoms with Crippen molar-refractivity contribution in [2.24, 2.45) is 0 Å². The number of rotatable bonds is 4. The summed E-state index contributed by atoms with van der Waals surface area (Å²) in [6.45, 7) is 6.67. The first-order valence-electron chi connectivity index (χ1n) is 11.5. The molecule has 3 aromatic rings. The second-order valence-electron chi connectivity index (χ2n) is 8.98. The monoisotopic (exact) mass is 456 g/mol. The van der Waals surface area contributed by atoms with Crippen LogP contribution in [0.1, 0.15) is 50.6 Å². The van der Waals surface area contributed by atoms with Crippen molar-refractivity contribution in [2.45, 2.75) is 51.1 Å². The van der Waals surface area contributed by atoms with Gasteiger partial charge in [-0.15, -0.1) is 0 Å². The number of imidazole rings is 1. The number of benzene rings is 2. The van der Waals surface area contributed by atoms with E-state index in [2.05, 4.69) is 44.5 Å². The third-order valence-electron chi connectivity index (χ3n) is 7.16. The average Bonchev–Trinajstić information content (AvgIpc) is 3.23. The Balaban J connectivity index is 1.35. The van der Waals surface area contributed by atoms with E-state index in [0.717, 1.165) is 35.7 Å². The molecule has 0 unspecified atom stereocenters. The Hall–Kier alpha value is -1.75. The summed E-state index contributed by atoms with van der Waals surface area (Å²) < 4.78 is 2.21. The van der Waals surface area contributed by atoms with Crippen molar-refractivity contribution in [3.05, 3.63) is 58.3 Å². The fourth-order valence-electron chi connectivity index (χ4n) is 5.30. The number of fused-ring (bicyclic) bond motifs is 1. The lowest BCUT2D eigenvalue weighted by Crippen LogP contribution is -2.50. The van der Waals surface area contributed by atoms with Gasteiger partial charge in [-0.05, 0) is 55.7 Å². The first kappa shape index (κ1) is 21.1. The molecular weight excluding hydrogens is 427 g/mol. The van der Waals surface area contributed by atoms with Crippen molar-refractivity contribution < 1.29 is 0 Å². The van der Waals surface area contributed by atoms with Crippen LogP contribution in [0, 0.1) is 0 Å². The number of halogens is 2. The van der Waals surface area contributed by atoms with Gasteiger partial charge < -0.3 is 9.47 Å². The summed E-state index contributed by atoms with van der Waals surface area (Å²) in [4.78, 5) is 9.89. The molecule has 1 aliphatic carbocycles. The molecule has 2 fully saturated rings. The number of hydrogen-bond donors (Lipinski definition) is 0. The molecule has 0 spiro atoms. The van der Waals surface area contributed by atoms with Crippen LogP contribution in [0.4, 0.5) is 5.69 Å². The van der Waals surface area contributed by atoms with Crippen LogP contribution in [0.15, 0.2) is 42.7 Å². The van der Waals surface area contributed by atoms with Crippen LogP contribution >= 0.6 is 23.2 Å². The van der Waals surface area contributed by atoms with Crippen LogP contribution in [0.5, 0.6) is 0 Å². The van der Waals surface area contributed by atoms with E-state index in [-0.39, 0.29) is 6.04 Å². The van der Waals surface area contributed by atoms with Crippen molar-refractivity contribution in [3.8, 4) is 0 Å².